The van der Waals surface area contributed by atoms with Crippen LogP contribution < -0.4 is 11.1 Å². The van der Waals surface area contributed by atoms with E-state index in [4.69, 9.17) is 33.9 Å². The molecule has 1 saturated carbocycles. The molecule has 1 aliphatic carbocycles. The van der Waals surface area contributed by atoms with E-state index in [0.717, 1.165) is 53.8 Å². The number of anilines is 3. The van der Waals surface area contributed by atoms with E-state index in [-0.39, 0.29) is 0 Å². The quantitative estimate of drug-likeness (QED) is 0.223. The fourth-order valence-electron chi connectivity index (χ4n) is 6.51. The van der Waals surface area contributed by atoms with Crippen molar-refractivity contribution in [1.82, 2.24) is 34.3 Å². The van der Waals surface area contributed by atoms with Gasteiger partial charge in [0.25, 0.3) is 0 Å². The van der Waals surface area contributed by atoms with Gasteiger partial charge in [-0.2, -0.15) is 0 Å². The summed E-state index contributed by atoms with van der Waals surface area (Å²) in [5.74, 6) is 0.906. The summed E-state index contributed by atoms with van der Waals surface area (Å²) in [6.45, 7) is 4.67. The highest BCUT2D eigenvalue weighted by molar-refractivity contribution is 6.41. The van der Waals surface area contributed by atoms with Crippen molar-refractivity contribution in [3.63, 3.8) is 0 Å². The van der Waals surface area contributed by atoms with Crippen LogP contribution in [0, 0.1) is 0 Å². The van der Waals surface area contributed by atoms with Crippen molar-refractivity contribution in [3.05, 3.63) is 65.2 Å². The molecule has 11 heteroatoms. The Bertz CT molecular complexity index is 1740. The van der Waals surface area contributed by atoms with Crippen LogP contribution in [0.4, 0.5) is 17.5 Å². The van der Waals surface area contributed by atoms with Crippen LogP contribution in [0.5, 0.6) is 0 Å². The zero-order chi connectivity index (χ0) is 28.8. The van der Waals surface area contributed by atoms with Gasteiger partial charge in [-0.05, 0) is 62.6 Å². The lowest BCUT2D eigenvalue weighted by molar-refractivity contribution is 0.0828. The van der Waals surface area contributed by atoms with Crippen LogP contribution in [-0.4, -0.2) is 73.6 Å². The third-order valence-electron chi connectivity index (χ3n) is 8.83. The van der Waals surface area contributed by atoms with E-state index >= 15 is 0 Å². The lowest BCUT2D eigenvalue weighted by atomic mass is 9.89. The summed E-state index contributed by atoms with van der Waals surface area (Å²) in [4.78, 5) is 23.1. The molecule has 9 nitrogen and oxygen atoms in total. The van der Waals surface area contributed by atoms with Crippen LogP contribution in [0.3, 0.4) is 0 Å². The molecule has 5 aromatic rings. The molecule has 2 fully saturated rings. The highest BCUT2D eigenvalue weighted by atomic mass is 35.5. The van der Waals surface area contributed by atoms with Gasteiger partial charge in [-0.3, -0.25) is 4.90 Å². The van der Waals surface area contributed by atoms with E-state index in [1.54, 1.807) is 12.4 Å². The summed E-state index contributed by atoms with van der Waals surface area (Å²) in [5, 5.41) is 5.65. The molecule has 0 atom stereocenters. The van der Waals surface area contributed by atoms with E-state index in [2.05, 4.69) is 60.0 Å². The Morgan fingerprint density at radius 3 is 2.36 bits per heavy atom. The Kier molecular flexibility index (Phi) is 7.35. The number of aromatic nitrogens is 5. The molecule has 0 spiro atoms. The maximum absolute atomic E-state index is 6.44. The lowest BCUT2D eigenvalue weighted by Gasteiger charge is -2.41. The molecule has 216 valence electrons. The molecule has 1 aliphatic heterocycles. The number of nitrogens with two attached hydrogens (primary N) is 1. The molecule has 0 radical (unpaired) electrons. The Balaban J connectivity index is 1.13. The van der Waals surface area contributed by atoms with Crippen molar-refractivity contribution in [1.29, 1.82) is 0 Å². The van der Waals surface area contributed by atoms with Crippen LogP contribution in [0.2, 0.25) is 10.2 Å². The second-order valence-corrected chi connectivity index (χ2v) is 12.1. The van der Waals surface area contributed by atoms with E-state index in [1.807, 2.05) is 24.3 Å². The Labute approximate surface area is 254 Å². The van der Waals surface area contributed by atoms with Crippen LogP contribution in [0.1, 0.15) is 31.7 Å². The van der Waals surface area contributed by atoms with Crippen molar-refractivity contribution < 1.29 is 0 Å². The topological polar surface area (TPSA) is 101 Å². The maximum atomic E-state index is 6.44. The van der Waals surface area contributed by atoms with Gasteiger partial charge < -0.3 is 20.5 Å². The summed E-state index contributed by atoms with van der Waals surface area (Å²) in [6, 6.07) is 14.7. The number of benzene rings is 2. The second-order valence-electron chi connectivity index (χ2n) is 11.4. The summed E-state index contributed by atoms with van der Waals surface area (Å²) in [7, 11) is 2.21. The minimum atomic E-state index is 0.311. The van der Waals surface area contributed by atoms with Gasteiger partial charge in [0.15, 0.2) is 0 Å². The standard InChI is InChI=1S/C31H33Cl2N9/c1-40-13-15-41(16-14-40)21-9-11-22(12-10-21)42-17-23(26-29(34)35-18-36-30(26)42)19-5-7-20(8-6-19)37-31-38-25-4-2-3-24(32)27(25)28(33)39-31/h2-8,17-18,21-22H,9-16H2,1H3,(H2,34,35,36)(H,37,38,39)/t21-,22+. The molecule has 2 aliphatic rings. The normalized spacial score (nSPS) is 20.4. The first kappa shape index (κ1) is 27.3. The van der Waals surface area contributed by atoms with Crippen molar-refractivity contribution in [3.8, 4) is 11.1 Å². The van der Waals surface area contributed by atoms with Gasteiger partial charge in [0.2, 0.25) is 5.95 Å². The summed E-state index contributed by atoms with van der Waals surface area (Å²) in [5.41, 5.74) is 11.0. The molecular formula is C31H33Cl2N9. The molecule has 0 unspecified atom stereocenters. The Morgan fingerprint density at radius 2 is 1.60 bits per heavy atom. The zero-order valence-electron chi connectivity index (χ0n) is 23.5. The van der Waals surface area contributed by atoms with Gasteiger partial charge in [0, 0.05) is 55.7 Å². The van der Waals surface area contributed by atoms with Crippen LogP contribution in [0.25, 0.3) is 33.1 Å². The number of nitrogens with one attached hydrogen (secondary N) is 1. The average molecular weight is 603 g/mol. The monoisotopic (exact) mass is 601 g/mol. The Hall–Kier alpha value is -3.50. The Morgan fingerprint density at radius 1 is 0.857 bits per heavy atom. The van der Waals surface area contributed by atoms with Gasteiger partial charge in [-0.1, -0.05) is 41.4 Å². The molecule has 3 aromatic heterocycles. The largest absolute Gasteiger partial charge is 0.383 e. The van der Waals surface area contributed by atoms with Crippen molar-refractivity contribution in [2.75, 3.05) is 44.3 Å². The van der Waals surface area contributed by atoms with Gasteiger partial charge in [0.05, 0.1) is 21.3 Å². The minimum absolute atomic E-state index is 0.311. The van der Waals surface area contributed by atoms with Gasteiger partial charge in [-0.25, -0.2) is 19.9 Å². The van der Waals surface area contributed by atoms with E-state index in [9.17, 15) is 0 Å². The van der Waals surface area contributed by atoms with Gasteiger partial charge in [0.1, 0.15) is 22.9 Å². The summed E-state index contributed by atoms with van der Waals surface area (Å²) in [6.07, 6.45) is 8.46. The number of rotatable bonds is 5. The number of nitrogens with zero attached hydrogens (tertiary/aromatic N) is 7. The SMILES string of the molecule is CN1CCN([C@H]2CC[C@@H](n3cc(-c4ccc(Nc5nc(Cl)c6c(Cl)cccc6n5)cc4)c4c(N)ncnc43)CC2)CC1. The molecule has 1 saturated heterocycles. The number of nitrogen functional groups attached to an aromatic ring is 1. The zero-order valence-corrected chi connectivity index (χ0v) is 25.0. The fraction of sp³-hybridized carbons (Fsp3) is 0.355. The maximum Gasteiger partial charge on any atom is 0.229 e. The van der Waals surface area contributed by atoms with Crippen molar-refractivity contribution in [2.45, 2.75) is 37.8 Å². The number of likely N-dealkylation sites (N-methyl/N-ethyl adjacent to an activating group) is 1. The average Bonchev–Trinajstić information content (AvgIpc) is 3.39. The smallest absolute Gasteiger partial charge is 0.229 e. The predicted molar refractivity (Wildman–Crippen MR) is 171 cm³/mol. The number of fused-ring (bicyclic) bond motifs is 2. The van der Waals surface area contributed by atoms with E-state index in [0.29, 0.717) is 44.9 Å². The van der Waals surface area contributed by atoms with E-state index < -0.39 is 0 Å². The molecular weight excluding hydrogens is 569 g/mol. The van der Waals surface area contributed by atoms with Crippen LogP contribution >= 0.6 is 23.2 Å². The van der Waals surface area contributed by atoms with Crippen molar-refractivity contribution in [2.24, 2.45) is 0 Å². The number of halogens is 2. The summed E-state index contributed by atoms with van der Waals surface area (Å²) < 4.78 is 2.34. The number of hydrogen-bond donors (Lipinski definition) is 2. The second kappa shape index (κ2) is 11.3. The minimum Gasteiger partial charge on any atom is -0.383 e. The highest BCUT2D eigenvalue weighted by Gasteiger charge is 2.30. The van der Waals surface area contributed by atoms with Crippen LogP contribution in [-0.2, 0) is 0 Å². The predicted octanol–water partition coefficient (Wildman–Crippen LogP) is 6.41. The molecule has 7 rings (SSSR count). The molecule has 2 aromatic carbocycles. The molecule has 0 bridgehead atoms. The third kappa shape index (κ3) is 5.15. The molecule has 3 N–H and O–H groups in total. The lowest BCUT2D eigenvalue weighted by Crippen LogP contribution is -2.49. The molecule has 4 heterocycles. The number of piperazine rings is 1. The first-order valence-corrected chi connectivity index (χ1v) is 15.2. The highest BCUT2D eigenvalue weighted by Crippen LogP contribution is 2.39. The third-order valence-corrected chi connectivity index (χ3v) is 9.42. The van der Waals surface area contributed by atoms with Crippen LogP contribution in [0.15, 0.2) is 55.0 Å². The molecule has 42 heavy (non-hydrogen) atoms. The fourth-order valence-corrected chi connectivity index (χ4v) is 7.10. The molecule has 0 amide bonds. The van der Waals surface area contributed by atoms with Crippen molar-refractivity contribution >= 4 is 62.6 Å². The first-order valence-electron chi connectivity index (χ1n) is 14.5. The summed E-state index contributed by atoms with van der Waals surface area (Å²) >= 11 is 12.7. The van der Waals surface area contributed by atoms with E-state index in [1.165, 1.54) is 25.9 Å². The van der Waals surface area contributed by atoms with Gasteiger partial charge in [-0.15, -0.1) is 0 Å². The number of hydrogen-bond acceptors (Lipinski definition) is 8. The first-order chi connectivity index (χ1) is 20.4. The van der Waals surface area contributed by atoms with Gasteiger partial charge >= 0.3 is 0 Å².